The molecular weight excluding hydrogens is 442 g/mol. The second kappa shape index (κ2) is 7.64. The monoisotopic (exact) mass is 454 g/mol. The maximum atomic E-state index is 14.2. The van der Waals surface area contributed by atoms with E-state index in [-0.39, 0.29) is 41.6 Å². The molecule has 3 aromatic carbocycles. The van der Waals surface area contributed by atoms with E-state index < -0.39 is 11.6 Å². The normalized spacial score (nSPS) is 12.6. The van der Waals surface area contributed by atoms with Crippen LogP contribution in [0.1, 0.15) is 27.0 Å². The van der Waals surface area contributed by atoms with E-state index in [4.69, 9.17) is 4.74 Å². The highest BCUT2D eigenvalue weighted by molar-refractivity contribution is 9.10. The van der Waals surface area contributed by atoms with Crippen LogP contribution in [-0.2, 0) is 13.1 Å². The molecule has 4 rings (SSSR count). The summed E-state index contributed by atoms with van der Waals surface area (Å²) in [6.45, 7) is 0.373. The van der Waals surface area contributed by atoms with E-state index in [0.29, 0.717) is 15.6 Å². The minimum Gasteiger partial charge on any atom is -0.452 e. The molecule has 0 aromatic heterocycles. The molecule has 7 heteroatoms. The van der Waals surface area contributed by atoms with Crippen LogP contribution in [0.4, 0.5) is 8.78 Å². The van der Waals surface area contributed by atoms with E-state index in [1.165, 1.54) is 29.2 Å². The number of fused-ring (bicyclic) bond motifs is 1. The summed E-state index contributed by atoms with van der Waals surface area (Å²) < 4.78 is 34.7. The maximum Gasteiger partial charge on any atom is 0.258 e. The molecule has 29 heavy (non-hydrogen) atoms. The van der Waals surface area contributed by atoms with Crippen LogP contribution in [0.5, 0.6) is 11.5 Å². The summed E-state index contributed by atoms with van der Waals surface area (Å²) >= 11 is 3.21. The van der Waals surface area contributed by atoms with Gasteiger partial charge in [0.1, 0.15) is 17.6 Å². The van der Waals surface area contributed by atoms with E-state index in [0.717, 1.165) is 0 Å². The number of rotatable bonds is 4. The third-order valence-electron chi connectivity index (χ3n) is 4.65. The highest BCUT2D eigenvalue weighted by Crippen LogP contribution is 2.36. The molecule has 0 fully saturated rings. The minimum atomic E-state index is -0.694. The van der Waals surface area contributed by atoms with Gasteiger partial charge in [0.15, 0.2) is 11.6 Å². The van der Waals surface area contributed by atoms with Gasteiger partial charge in [-0.3, -0.25) is 4.79 Å². The number of ether oxygens (including phenoxy) is 1. The topological polar surface area (TPSA) is 53.3 Å². The summed E-state index contributed by atoms with van der Waals surface area (Å²) in [6, 6.07) is 15.6. The lowest BCUT2D eigenvalue weighted by molar-refractivity contribution is 0.0763. The Morgan fingerprint density at radius 1 is 1.10 bits per heavy atom. The fourth-order valence-corrected chi connectivity index (χ4v) is 3.60. The van der Waals surface area contributed by atoms with Crippen molar-refractivity contribution in [2.24, 2.45) is 0 Å². The van der Waals surface area contributed by atoms with Crippen molar-refractivity contribution in [2.75, 3.05) is 0 Å². The number of halogens is 3. The highest BCUT2D eigenvalue weighted by atomic mass is 79.9. The first-order valence-electron chi connectivity index (χ1n) is 8.69. The molecule has 1 amide bonds. The summed E-state index contributed by atoms with van der Waals surface area (Å²) in [5, 5.41) is 9.21. The van der Waals surface area contributed by atoms with Crippen LogP contribution in [0.25, 0.3) is 0 Å². The summed E-state index contributed by atoms with van der Waals surface area (Å²) in [4.78, 5) is 14.5. The quantitative estimate of drug-likeness (QED) is 0.519. The number of nitrogens with zero attached hydrogens (tertiary/aromatic N) is 2. The van der Waals surface area contributed by atoms with Crippen LogP contribution in [0.2, 0.25) is 0 Å². The number of benzene rings is 3. The van der Waals surface area contributed by atoms with Crippen molar-refractivity contribution < 1.29 is 18.3 Å². The van der Waals surface area contributed by atoms with Gasteiger partial charge in [-0.2, -0.15) is 5.26 Å². The van der Waals surface area contributed by atoms with Gasteiger partial charge in [-0.1, -0.05) is 40.2 Å². The summed E-state index contributed by atoms with van der Waals surface area (Å²) in [6.07, 6.45) is 0. The van der Waals surface area contributed by atoms with Crippen molar-refractivity contribution in [1.29, 1.82) is 5.26 Å². The second-order valence-corrected chi connectivity index (χ2v) is 7.43. The van der Waals surface area contributed by atoms with Crippen LogP contribution in [0.15, 0.2) is 59.1 Å². The lowest BCUT2D eigenvalue weighted by Gasteiger charge is -2.16. The second-order valence-electron chi connectivity index (χ2n) is 6.52. The van der Waals surface area contributed by atoms with E-state index >= 15 is 0 Å². The van der Waals surface area contributed by atoms with Gasteiger partial charge < -0.3 is 9.64 Å². The third kappa shape index (κ3) is 3.59. The van der Waals surface area contributed by atoms with Crippen LogP contribution < -0.4 is 4.74 Å². The zero-order valence-electron chi connectivity index (χ0n) is 15.0. The van der Waals surface area contributed by atoms with Gasteiger partial charge in [0, 0.05) is 23.1 Å². The van der Waals surface area contributed by atoms with Crippen molar-refractivity contribution in [2.45, 2.75) is 13.1 Å². The van der Waals surface area contributed by atoms with Gasteiger partial charge in [-0.25, -0.2) is 8.78 Å². The smallest absolute Gasteiger partial charge is 0.258 e. The van der Waals surface area contributed by atoms with E-state index in [9.17, 15) is 18.8 Å². The fraction of sp³-hybridized carbons (Fsp3) is 0.0909. The zero-order valence-corrected chi connectivity index (χ0v) is 16.5. The number of hydrogen-bond donors (Lipinski definition) is 0. The number of para-hydroxylation sites is 1. The van der Waals surface area contributed by atoms with E-state index in [1.54, 1.807) is 30.3 Å². The molecule has 0 saturated carbocycles. The molecule has 0 bridgehead atoms. The van der Waals surface area contributed by atoms with Crippen molar-refractivity contribution in [3.05, 3.63) is 93.0 Å². The van der Waals surface area contributed by atoms with Gasteiger partial charge in [0.2, 0.25) is 0 Å². The van der Waals surface area contributed by atoms with Gasteiger partial charge >= 0.3 is 0 Å². The van der Waals surface area contributed by atoms with Gasteiger partial charge in [-0.05, 0) is 35.9 Å². The number of hydrogen-bond acceptors (Lipinski definition) is 3. The van der Waals surface area contributed by atoms with Crippen LogP contribution in [0, 0.1) is 23.0 Å². The molecule has 1 heterocycles. The number of amides is 1. The molecule has 144 valence electrons. The lowest BCUT2D eigenvalue weighted by atomic mass is 10.1. The summed E-state index contributed by atoms with van der Waals surface area (Å²) in [7, 11) is 0. The van der Waals surface area contributed by atoms with E-state index in [2.05, 4.69) is 15.9 Å². The first-order chi connectivity index (χ1) is 14.0. The number of carbonyl (C=O) groups excluding carboxylic acids is 1. The first kappa shape index (κ1) is 19.1. The Bertz CT molecular complexity index is 1170. The van der Waals surface area contributed by atoms with Crippen LogP contribution in [0.3, 0.4) is 0 Å². The Balaban J connectivity index is 1.65. The van der Waals surface area contributed by atoms with Crippen LogP contribution in [-0.4, -0.2) is 10.8 Å². The highest BCUT2D eigenvalue weighted by Gasteiger charge is 2.31. The number of nitriles is 1. The van der Waals surface area contributed by atoms with Crippen molar-refractivity contribution >= 4 is 21.8 Å². The van der Waals surface area contributed by atoms with E-state index in [1.807, 2.05) is 6.07 Å². The molecule has 0 spiro atoms. The molecule has 0 N–H and O–H groups in total. The van der Waals surface area contributed by atoms with Crippen molar-refractivity contribution in [3.63, 3.8) is 0 Å². The van der Waals surface area contributed by atoms with Crippen molar-refractivity contribution in [1.82, 2.24) is 4.90 Å². The van der Waals surface area contributed by atoms with Gasteiger partial charge in [-0.15, -0.1) is 0 Å². The first-order valence-corrected chi connectivity index (χ1v) is 9.49. The number of carbonyl (C=O) groups is 1. The Labute approximate surface area is 174 Å². The molecule has 0 unspecified atom stereocenters. The van der Waals surface area contributed by atoms with Gasteiger partial charge in [0.05, 0.1) is 11.1 Å². The Morgan fingerprint density at radius 3 is 2.66 bits per heavy atom. The Morgan fingerprint density at radius 2 is 1.90 bits per heavy atom. The maximum absolute atomic E-state index is 14.2. The summed E-state index contributed by atoms with van der Waals surface area (Å²) in [5.41, 5.74) is 1.40. The average Bonchev–Trinajstić information content (AvgIpc) is 3.02. The molecule has 0 radical (unpaired) electrons. The molecular formula is C22H13BrF2N2O2. The standard InChI is InChI=1S/C22H13BrF2N2O2/c23-16-8-7-14(18(25)9-16)11-27-12-15-4-2-6-19(20(15)22(27)28)29-21-13(10-26)3-1-5-17(21)24/h1-9H,11-12H2. The SMILES string of the molecule is N#Cc1cccc(F)c1Oc1cccc2c1C(=O)N(Cc1ccc(Br)cc1F)C2. The lowest BCUT2D eigenvalue weighted by Crippen LogP contribution is -2.24. The average molecular weight is 455 g/mol. The predicted octanol–water partition coefficient (Wildman–Crippen LogP) is 5.55. The van der Waals surface area contributed by atoms with Gasteiger partial charge in [0.25, 0.3) is 5.91 Å². The molecule has 4 nitrogen and oxygen atoms in total. The molecule has 1 aliphatic heterocycles. The Hall–Kier alpha value is -3.24. The zero-order chi connectivity index (χ0) is 20.5. The molecule has 0 atom stereocenters. The third-order valence-corrected chi connectivity index (χ3v) is 5.14. The minimum absolute atomic E-state index is 0.0295. The molecule has 0 saturated heterocycles. The fourth-order valence-electron chi connectivity index (χ4n) is 3.27. The molecule has 3 aromatic rings. The molecule has 0 aliphatic carbocycles. The predicted molar refractivity (Wildman–Crippen MR) is 105 cm³/mol. The Kier molecular flexibility index (Phi) is 5.03. The molecule has 1 aliphatic rings. The summed E-state index contributed by atoms with van der Waals surface area (Å²) in [5.74, 6) is -1.51. The van der Waals surface area contributed by atoms with Crippen LogP contribution >= 0.6 is 15.9 Å². The van der Waals surface area contributed by atoms with Crippen molar-refractivity contribution in [3.8, 4) is 17.6 Å². The largest absolute Gasteiger partial charge is 0.452 e.